The number of carbonyl (C=O) groups is 3. The van der Waals surface area contributed by atoms with Crippen LogP contribution >= 0.6 is 0 Å². The van der Waals surface area contributed by atoms with E-state index in [9.17, 15) is 14.4 Å². The van der Waals surface area contributed by atoms with Crippen molar-refractivity contribution in [3.63, 3.8) is 0 Å². The van der Waals surface area contributed by atoms with Gasteiger partial charge in [0.1, 0.15) is 0 Å². The lowest BCUT2D eigenvalue weighted by molar-refractivity contribution is -0.142. The van der Waals surface area contributed by atoms with Gasteiger partial charge in [0.2, 0.25) is 11.8 Å². The summed E-state index contributed by atoms with van der Waals surface area (Å²) in [5.41, 5.74) is 0. The van der Waals surface area contributed by atoms with Gasteiger partial charge in [-0.15, -0.1) is 5.10 Å². The number of rotatable bonds is 7. The third-order valence-electron chi connectivity index (χ3n) is 1.86. The Morgan fingerprint density at radius 1 is 1.16 bits per heavy atom. The van der Waals surface area contributed by atoms with Crippen LogP contribution in [0.1, 0.15) is 5.89 Å². The maximum absolute atomic E-state index is 11.5. The van der Waals surface area contributed by atoms with Crippen LogP contribution in [0.15, 0.2) is 4.42 Å². The van der Waals surface area contributed by atoms with Gasteiger partial charge < -0.3 is 14.6 Å². The molecule has 0 saturated carbocycles. The molecule has 0 aliphatic rings. The highest BCUT2D eigenvalue weighted by atomic mass is 16.4. The maximum atomic E-state index is 11.5. The molecule has 3 N–H and O–H groups in total. The number of carbonyl (C=O) groups excluding carboxylic acids is 1. The number of hydrogen-bond acceptors (Lipinski definition) is 7. The van der Waals surface area contributed by atoms with Gasteiger partial charge in [0, 0.05) is 6.92 Å². The van der Waals surface area contributed by atoms with Gasteiger partial charge in [-0.3, -0.25) is 24.6 Å². The predicted octanol–water partition coefficient (Wildman–Crippen LogP) is -1.21. The number of nitrogens with one attached hydrogen (secondary N) is 1. The van der Waals surface area contributed by atoms with Crippen molar-refractivity contribution in [3.05, 3.63) is 5.89 Å². The zero-order valence-electron chi connectivity index (χ0n) is 9.99. The van der Waals surface area contributed by atoms with E-state index in [-0.39, 0.29) is 11.9 Å². The summed E-state index contributed by atoms with van der Waals surface area (Å²) in [6, 6.07) is -0.131. The quantitative estimate of drug-likeness (QED) is 0.556. The highest BCUT2D eigenvalue weighted by Gasteiger charge is 2.18. The van der Waals surface area contributed by atoms with Gasteiger partial charge in [-0.25, -0.2) is 0 Å². The van der Waals surface area contributed by atoms with Crippen LogP contribution in [0.2, 0.25) is 0 Å². The molecule has 1 heterocycles. The Hall–Kier alpha value is -2.49. The minimum Gasteiger partial charge on any atom is -0.480 e. The van der Waals surface area contributed by atoms with Crippen LogP contribution in [-0.2, 0) is 14.4 Å². The van der Waals surface area contributed by atoms with E-state index in [0.717, 1.165) is 4.90 Å². The zero-order valence-corrected chi connectivity index (χ0v) is 9.99. The number of nitrogens with zero attached hydrogens (tertiary/aromatic N) is 3. The number of amides is 1. The van der Waals surface area contributed by atoms with E-state index in [1.807, 2.05) is 0 Å². The molecule has 0 spiro atoms. The predicted molar refractivity (Wildman–Crippen MR) is 59.4 cm³/mol. The molecule has 0 radical (unpaired) electrons. The summed E-state index contributed by atoms with van der Waals surface area (Å²) in [5, 5.41) is 26.4. The van der Waals surface area contributed by atoms with Gasteiger partial charge >= 0.3 is 18.0 Å². The molecule has 0 aliphatic carbocycles. The lowest BCUT2D eigenvalue weighted by atomic mass is 10.4. The molecule has 0 unspecified atom stereocenters. The Kier molecular flexibility index (Phi) is 4.94. The minimum atomic E-state index is -1.23. The molecular formula is C9H12N4O6. The molecular weight excluding hydrogens is 260 g/mol. The fraction of sp³-hybridized carbons (Fsp3) is 0.444. The second kappa shape index (κ2) is 6.44. The Labute approximate surface area is 107 Å². The molecule has 0 aliphatic heterocycles. The van der Waals surface area contributed by atoms with Crippen LogP contribution in [0, 0.1) is 6.92 Å². The summed E-state index contributed by atoms with van der Waals surface area (Å²) < 4.78 is 4.89. The number of carboxylic acid groups (broad SMARTS) is 2. The zero-order chi connectivity index (χ0) is 14.4. The van der Waals surface area contributed by atoms with Crippen molar-refractivity contribution in [2.75, 3.05) is 25.0 Å². The van der Waals surface area contributed by atoms with E-state index in [1.54, 1.807) is 0 Å². The average molecular weight is 272 g/mol. The van der Waals surface area contributed by atoms with E-state index in [1.165, 1.54) is 6.92 Å². The van der Waals surface area contributed by atoms with E-state index in [2.05, 4.69) is 15.5 Å². The number of aryl methyl sites for hydroxylation is 1. The fourth-order valence-corrected chi connectivity index (χ4v) is 1.26. The van der Waals surface area contributed by atoms with Gasteiger partial charge in [-0.2, -0.15) is 0 Å². The molecule has 0 bridgehead atoms. The minimum absolute atomic E-state index is 0.131. The summed E-state index contributed by atoms with van der Waals surface area (Å²) in [6.45, 7) is -0.0188. The van der Waals surface area contributed by atoms with Gasteiger partial charge in [-0.1, -0.05) is 5.10 Å². The first-order valence-corrected chi connectivity index (χ1v) is 5.12. The van der Waals surface area contributed by atoms with Crippen molar-refractivity contribution < 1.29 is 29.0 Å². The topological polar surface area (TPSA) is 146 Å². The van der Waals surface area contributed by atoms with E-state index >= 15 is 0 Å². The SMILES string of the molecule is Cc1nnc(NC(=O)CN(CC(=O)O)CC(=O)O)o1. The lowest BCUT2D eigenvalue weighted by Crippen LogP contribution is -2.40. The molecule has 10 nitrogen and oxygen atoms in total. The lowest BCUT2D eigenvalue weighted by Gasteiger charge is -2.16. The van der Waals surface area contributed by atoms with Gasteiger partial charge in [0.05, 0.1) is 19.6 Å². The van der Waals surface area contributed by atoms with Crippen molar-refractivity contribution in [3.8, 4) is 0 Å². The van der Waals surface area contributed by atoms with Crippen molar-refractivity contribution in [2.24, 2.45) is 0 Å². The monoisotopic (exact) mass is 272 g/mol. The molecule has 0 fully saturated rings. The van der Waals surface area contributed by atoms with Gasteiger partial charge in [0.25, 0.3) is 0 Å². The Morgan fingerprint density at radius 3 is 2.16 bits per heavy atom. The summed E-state index contributed by atoms with van der Waals surface area (Å²) in [4.78, 5) is 33.5. The van der Waals surface area contributed by atoms with Crippen molar-refractivity contribution in [1.29, 1.82) is 0 Å². The molecule has 104 valence electrons. The molecule has 1 amide bonds. The highest BCUT2D eigenvalue weighted by Crippen LogP contribution is 2.03. The average Bonchev–Trinajstić information content (AvgIpc) is 2.61. The van der Waals surface area contributed by atoms with Crippen LogP contribution in [0.5, 0.6) is 0 Å². The first-order chi connectivity index (χ1) is 8.86. The second-order valence-electron chi connectivity index (χ2n) is 3.61. The Morgan fingerprint density at radius 2 is 1.74 bits per heavy atom. The Bertz CT molecular complexity index is 469. The molecule has 1 aromatic heterocycles. The van der Waals surface area contributed by atoms with Crippen molar-refractivity contribution in [1.82, 2.24) is 15.1 Å². The molecule has 0 atom stereocenters. The van der Waals surface area contributed by atoms with Gasteiger partial charge in [-0.05, 0) is 0 Å². The number of aliphatic carboxylic acids is 2. The van der Waals surface area contributed by atoms with E-state index in [4.69, 9.17) is 14.6 Å². The van der Waals surface area contributed by atoms with Crippen LogP contribution in [0.4, 0.5) is 6.01 Å². The summed E-state index contributed by atoms with van der Waals surface area (Å²) in [6.07, 6.45) is 0. The number of hydrogen-bond donors (Lipinski definition) is 3. The standard InChI is InChI=1S/C9H12N4O6/c1-5-11-12-9(19-5)10-6(14)2-13(3-7(15)16)4-8(17)18/h2-4H2,1H3,(H,15,16)(H,17,18)(H,10,12,14). The van der Waals surface area contributed by atoms with Crippen LogP contribution in [0.3, 0.4) is 0 Å². The highest BCUT2D eigenvalue weighted by molar-refractivity contribution is 5.90. The molecule has 19 heavy (non-hydrogen) atoms. The maximum Gasteiger partial charge on any atom is 0.322 e. The van der Waals surface area contributed by atoms with Crippen LogP contribution in [-0.4, -0.2) is 62.8 Å². The largest absolute Gasteiger partial charge is 0.480 e. The third kappa shape index (κ3) is 5.59. The van der Waals surface area contributed by atoms with E-state index < -0.39 is 37.5 Å². The van der Waals surface area contributed by atoms with E-state index in [0.29, 0.717) is 0 Å². The summed E-state index contributed by atoms with van der Waals surface area (Å²) in [5.74, 6) is -2.86. The van der Waals surface area contributed by atoms with Gasteiger partial charge in [0.15, 0.2) is 0 Å². The van der Waals surface area contributed by atoms with Crippen LogP contribution < -0.4 is 5.32 Å². The molecule has 0 aromatic carbocycles. The number of carboxylic acids is 2. The smallest absolute Gasteiger partial charge is 0.322 e. The molecule has 1 aromatic rings. The molecule has 1 rings (SSSR count). The number of aromatic nitrogens is 2. The van der Waals surface area contributed by atoms with Crippen molar-refractivity contribution >= 4 is 23.9 Å². The summed E-state index contributed by atoms with van der Waals surface area (Å²) >= 11 is 0. The normalized spacial score (nSPS) is 10.4. The molecule has 0 saturated heterocycles. The summed E-state index contributed by atoms with van der Waals surface area (Å²) in [7, 11) is 0. The first-order valence-electron chi connectivity index (χ1n) is 5.12. The Balaban J connectivity index is 2.54. The van der Waals surface area contributed by atoms with Crippen molar-refractivity contribution in [2.45, 2.75) is 6.92 Å². The third-order valence-corrected chi connectivity index (χ3v) is 1.86. The first kappa shape index (κ1) is 14.6. The second-order valence-corrected chi connectivity index (χ2v) is 3.61. The number of anilines is 1. The molecule has 10 heteroatoms. The fourth-order valence-electron chi connectivity index (χ4n) is 1.26. The van der Waals surface area contributed by atoms with Crippen LogP contribution in [0.25, 0.3) is 0 Å².